The molecule has 52 heavy (non-hydrogen) atoms. The van der Waals surface area contributed by atoms with Crippen molar-refractivity contribution in [3.05, 3.63) is 70.3 Å². The van der Waals surface area contributed by atoms with Crippen LogP contribution in [0.2, 0.25) is 0 Å². The normalized spacial score (nSPS) is 16.5. The average Bonchev–Trinajstić information content (AvgIpc) is 3.58. The minimum absolute atomic E-state index is 0.0426. The van der Waals surface area contributed by atoms with Gasteiger partial charge in [-0.05, 0) is 63.1 Å². The highest BCUT2D eigenvalue weighted by Crippen LogP contribution is 2.28. The van der Waals surface area contributed by atoms with Gasteiger partial charge in [0.1, 0.15) is 24.0 Å². The van der Waals surface area contributed by atoms with Gasteiger partial charge in [0.15, 0.2) is 0 Å². The summed E-state index contributed by atoms with van der Waals surface area (Å²) in [4.78, 5) is 63.0. The first-order valence-electron chi connectivity index (χ1n) is 16.7. The van der Waals surface area contributed by atoms with Crippen LogP contribution in [0.25, 0.3) is 22.0 Å². The van der Waals surface area contributed by atoms with Crippen LogP contribution in [0.4, 0.5) is 24.3 Å². The summed E-state index contributed by atoms with van der Waals surface area (Å²) >= 11 is 0. The lowest BCUT2D eigenvalue weighted by molar-refractivity contribution is -0.147. The Kier molecular flexibility index (Phi) is 10.0. The van der Waals surface area contributed by atoms with Crippen LogP contribution in [0.15, 0.2) is 53.6 Å². The van der Waals surface area contributed by atoms with Gasteiger partial charge in [-0.2, -0.15) is 8.78 Å². The SMILES string of the molecule is CC(NC(=O)OC(C)(C)C)C(=O)OCc1ccc(OC(F)F)c(Cn2c3cc(-c4cnc(N5CCN6C(=O)NC[C@@H]6C5)nc4)ccc3c(=O)n2C)c1. The summed E-state index contributed by atoms with van der Waals surface area (Å²) in [6.07, 6.45) is 2.62. The third-order valence-corrected chi connectivity index (χ3v) is 8.78. The van der Waals surface area contributed by atoms with E-state index in [4.69, 9.17) is 14.2 Å². The number of alkyl carbamates (subject to hydrolysis) is 1. The summed E-state index contributed by atoms with van der Waals surface area (Å²) in [5.74, 6) is -0.293. The minimum atomic E-state index is -3.11. The summed E-state index contributed by atoms with van der Waals surface area (Å²) in [5, 5.41) is 5.69. The van der Waals surface area contributed by atoms with E-state index in [9.17, 15) is 28.0 Å². The van der Waals surface area contributed by atoms with Gasteiger partial charge in [0.05, 0.1) is 23.5 Å². The predicted octanol–water partition coefficient (Wildman–Crippen LogP) is 3.62. The van der Waals surface area contributed by atoms with Crippen molar-refractivity contribution in [2.24, 2.45) is 7.05 Å². The van der Waals surface area contributed by atoms with Gasteiger partial charge < -0.3 is 34.6 Å². The molecule has 2 atom stereocenters. The number of rotatable bonds is 10. The molecule has 17 heteroatoms. The van der Waals surface area contributed by atoms with Gasteiger partial charge in [-0.3, -0.25) is 14.2 Å². The van der Waals surface area contributed by atoms with Crippen molar-refractivity contribution in [2.45, 2.75) is 65.1 Å². The van der Waals surface area contributed by atoms with E-state index < -0.39 is 30.3 Å². The Morgan fingerprint density at radius 2 is 1.81 bits per heavy atom. The zero-order chi connectivity index (χ0) is 37.3. The third kappa shape index (κ3) is 7.92. The number of nitrogens with zero attached hydrogens (tertiary/aromatic N) is 6. The molecule has 0 spiro atoms. The van der Waals surface area contributed by atoms with Gasteiger partial charge in [0.25, 0.3) is 5.56 Å². The van der Waals surface area contributed by atoms with E-state index in [0.29, 0.717) is 59.7 Å². The number of alkyl halides is 2. The zero-order valence-corrected chi connectivity index (χ0v) is 29.4. The fourth-order valence-corrected chi connectivity index (χ4v) is 6.20. The summed E-state index contributed by atoms with van der Waals surface area (Å²) < 4.78 is 45.3. The maximum absolute atomic E-state index is 13.5. The van der Waals surface area contributed by atoms with Gasteiger partial charge in [0.2, 0.25) is 5.95 Å². The Labute approximate surface area is 297 Å². The number of anilines is 1. The molecule has 2 aliphatic rings. The first kappa shape index (κ1) is 36.1. The molecule has 4 aromatic rings. The van der Waals surface area contributed by atoms with E-state index in [-0.39, 0.29) is 36.5 Å². The molecule has 2 fully saturated rings. The lowest BCUT2D eigenvalue weighted by atomic mass is 10.1. The number of fused-ring (bicyclic) bond motifs is 2. The maximum Gasteiger partial charge on any atom is 0.408 e. The fraction of sp³-hybridized carbons (Fsp3) is 0.429. The van der Waals surface area contributed by atoms with E-state index in [1.165, 1.54) is 23.7 Å². The molecule has 0 radical (unpaired) electrons. The van der Waals surface area contributed by atoms with E-state index in [2.05, 4.69) is 20.6 Å². The minimum Gasteiger partial charge on any atom is -0.459 e. The number of halogens is 2. The second kappa shape index (κ2) is 14.5. The van der Waals surface area contributed by atoms with Crippen LogP contribution in [-0.4, -0.2) is 92.8 Å². The van der Waals surface area contributed by atoms with Crippen molar-refractivity contribution >= 4 is 34.9 Å². The second-order valence-electron chi connectivity index (χ2n) is 13.7. The quantitative estimate of drug-likeness (QED) is 0.231. The predicted molar refractivity (Wildman–Crippen MR) is 185 cm³/mol. The number of hydrogen-bond donors (Lipinski definition) is 2. The topological polar surface area (TPSA) is 162 Å². The molecule has 2 N–H and O–H groups in total. The molecule has 15 nitrogen and oxygen atoms in total. The lowest BCUT2D eigenvalue weighted by Crippen LogP contribution is -2.52. The standard InChI is InChI=1S/C35H40F2N8O7/c1-20(41-34(49)52-35(2,3)4)30(47)50-19-21-6-9-28(51-31(36)37)23(12-21)17-45-27-13-22(7-8-26(27)29(46)42(45)5)24-14-38-32(39-15-24)43-10-11-44-25(18-43)16-40-33(44)48/h6-9,12-15,20,25,31H,10-11,16-19H2,1-5H3,(H,40,48)(H,41,49)/t20?,25-/m1/s1. The number of esters is 1. The maximum atomic E-state index is 13.5. The number of amides is 3. The Balaban J connectivity index is 1.21. The molecule has 2 aliphatic heterocycles. The Hall–Kier alpha value is -5.74. The Bertz CT molecular complexity index is 2040. The number of hydrogen-bond acceptors (Lipinski definition) is 10. The fourth-order valence-electron chi connectivity index (χ4n) is 6.20. The average molecular weight is 723 g/mol. The molecular formula is C35H40F2N8O7. The van der Waals surface area contributed by atoms with Crippen molar-refractivity contribution in [2.75, 3.05) is 31.1 Å². The van der Waals surface area contributed by atoms with E-state index in [1.54, 1.807) is 63.1 Å². The molecule has 1 unspecified atom stereocenters. The second-order valence-corrected chi connectivity index (χ2v) is 13.7. The van der Waals surface area contributed by atoms with E-state index in [1.807, 2.05) is 15.9 Å². The number of ether oxygens (including phenoxy) is 3. The first-order valence-corrected chi connectivity index (χ1v) is 16.7. The lowest BCUT2D eigenvalue weighted by Gasteiger charge is -2.36. The Morgan fingerprint density at radius 1 is 1.06 bits per heavy atom. The molecule has 0 saturated carbocycles. The summed E-state index contributed by atoms with van der Waals surface area (Å²) in [6.45, 7) is 5.53. The van der Waals surface area contributed by atoms with Crippen molar-refractivity contribution in [1.29, 1.82) is 0 Å². The van der Waals surface area contributed by atoms with Crippen molar-refractivity contribution in [3.63, 3.8) is 0 Å². The molecule has 6 rings (SSSR count). The smallest absolute Gasteiger partial charge is 0.408 e. The van der Waals surface area contributed by atoms with Crippen molar-refractivity contribution in [3.8, 4) is 16.9 Å². The molecule has 2 aromatic heterocycles. The highest BCUT2D eigenvalue weighted by atomic mass is 19.3. The molecule has 276 valence electrons. The number of nitrogens with one attached hydrogen (secondary N) is 2. The van der Waals surface area contributed by atoms with Crippen LogP contribution in [0.3, 0.4) is 0 Å². The van der Waals surface area contributed by atoms with Gasteiger partial charge >= 0.3 is 24.7 Å². The number of carbonyl (C=O) groups is 3. The summed E-state index contributed by atoms with van der Waals surface area (Å²) in [5.41, 5.74) is 1.69. The zero-order valence-electron chi connectivity index (χ0n) is 29.4. The van der Waals surface area contributed by atoms with E-state index in [0.717, 1.165) is 5.56 Å². The van der Waals surface area contributed by atoms with Crippen LogP contribution in [-0.2, 0) is 34.5 Å². The van der Waals surface area contributed by atoms with Gasteiger partial charge in [-0.15, -0.1) is 0 Å². The van der Waals surface area contributed by atoms with Gasteiger partial charge in [-0.25, -0.2) is 24.4 Å². The van der Waals surface area contributed by atoms with Crippen molar-refractivity contribution in [1.82, 2.24) is 34.9 Å². The molecule has 2 aromatic carbocycles. The highest BCUT2D eigenvalue weighted by Gasteiger charge is 2.36. The molecule has 4 heterocycles. The molecule has 0 bridgehead atoms. The van der Waals surface area contributed by atoms with E-state index >= 15 is 0 Å². The monoisotopic (exact) mass is 722 g/mol. The van der Waals surface area contributed by atoms with Gasteiger partial charge in [-0.1, -0.05) is 12.1 Å². The third-order valence-electron chi connectivity index (χ3n) is 8.78. The van der Waals surface area contributed by atoms with Gasteiger partial charge in [0, 0.05) is 56.7 Å². The number of urea groups is 1. The van der Waals surface area contributed by atoms with Crippen LogP contribution in [0.1, 0.15) is 38.8 Å². The summed E-state index contributed by atoms with van der Waals surface area (Å²) in [7, 11) is 1.57. The van der Waals surface area contributed by atoms with Crippen LogP contribution in [0.5, 0.6) is 5.75 Å². The number of aromatic nitrogens is 4. The van der Waals surface area contributed by atoms with Crippen LogP contribution >= 0.6 is 0 Å². The number of carbonyl (C=O) groups excluding carboxylic acids is 3. The molecule has 0 aliphatic carbocycles. The van der Waals surface area contributed by atoms with Crippen molar-refractivity contribution < 1.29 is 37.4 Å². The highest BCUT2D eigenvalue weighted by molar-refractivity contribution is 5.84. The van der Waals surface area contributed by atoms with Crippen LogP contribution in [0, 0.1) is 0 Å². The molecule has 3 amide bonds. The summed E-state index contributed by atoms with van der Waals surface area (Å²) in [6, 6.07) is 8.67. The largest absolute Gasteiger partial charge is 0.459 e. The molecule has 2 saturated heterocycles. The Morgan fingerprint density at radius 3 is 2.52 bits per heavy atom. The van der Waals surface area contributed by atoms with Crippen LogP contribution < -0.4 is 25.8 Å². The number of benzene rings is 2. The molecular weight excluding hydrogens is 682 g/mol. The number of piperazine rings is 1. The first-order chi connectivity index (χ1) is 24.7.